The molecular weight excluding hydrogens is 1230 g/mol. The lowest BCUT2D eigenvalue weighted by atomic mass is 9.99. The van der Waals surface area contributed by atoms with Gasteiger partial charge in [0.15, 0.2) is 12.2 Å². The summed E-state index contributed by atoms with van der Waals surface area (Å²) in [5, 5.41) is 10.6. The lowest BCUT2D eigenvalue weighted by molar-refractivity contribution is -0.161. The van der Waals surface area contributed by atoms with Crippen molar-refractivity contribution >= 4 is 39.5 Å². The molecule has 0 heterocycles. The van der Waals surface area contributed by atoms with Crippen molar-refractivity contribution in [2.45, 2.75) is 401 Å². The van der Waals surface area contributed by atoms with E-state index in [1.165, 1.54) is 180 Å². The predicted molar refractivity (Wildman–Crippen MR) is 381 cm³/mol. The molecule has 0 amide bonds. The molecule has 0 aliphatic heterocycles. The monoisotopic (exact) mass is 1380 g/mol. The first-order valence-corrected chi connectivity index (χ1v) is 41.9. The van der Waals surface area contributed by atoms with Crippen molar-refractivity contribution in [2.75, 3.05) is 39.6 Å². The maximum absolute atomic E-state index is 13.1. The Labute approximate surface area is 575 Å². The van der Waals surface area contributed by atoms with Crippen LogP contribution in [0.2, 0.25) is 0 Å². The first kappa shape index (κ1) is 92.1. The largest absolute Gasteiger partial charge is 0.472 e. The van der Waals surface area contributed by atoms with Crippen LogP contribution in [0.15, 0.2) is 0 Å². The van der Waals surface area contributed by atoms with Gasteiger partial charge in [0.05, 0.1) is 26.4 Å². The molecule has 0 rings (SSSR count). The lowest BCUT2D eigenvalue weighted by Crippen LogP contribution is -2.30. The zero-order valence-electron chi connectivity index (χ0n) is 61.4. The SMILES string of the molecule is CCCCCCCCCC(=O)OC[C@H](COP(=O)(O)OC[C@H](O)COP(=O)(O)OC[C@@H](COC(=O)CCCCCCCCCCCCCCCC(C)C)OC(=O)CCCCCCCCCCCCCCCCCCCCC(C)CC)OC(=O)CCCCCCCCC(C)C. The van der Waals surface area contributed by atoms with Crippen molar-refractivity contribution in [3.8, 4) is 0 Å². The van der Waals surface area contributed by atoms with Crippen molar-refractivity contribution in [1.82, 2.24) is 0 Å². The summed E-state index contributed by atoms with van der Waals surface area (Å²) in [6.45, 7) is 11.8. The number of phosphoric ester groups is 2. The third-order valence-electron chi connectivity index (χ3n) is 17.7. The number of rotatable bonds is 73. The highest BCUT2D eigenvalue weighted by molar-refractivity contribution is 7.47. The molecule has 0 aliphatic rings. The molecule has 17 nitrogen and oxygen atoms in total. The van der Waals surface area contributed by atoms with Gasteiger partial charge in [-0.25, -0.2) is 9.13 Å². The number of carbonyl (C=O) groups is 4. The Morgan fingerprint density at radius 2 is 0.543 bits per heavy atom. The highest BCUT2D eigenvalue weighted by Gasteiger charge is 2.30. The van der Waals surface area contributed by atoms with Gasteiger partial charge in [0, 0.05) is 25.7 Å². The Kier molecular flexibility index (Phi) is 64.3. The van der Waals surface area contributed by atoms with Crippen LogP contribution in [0.4, 0.5) is 0 Å². The molecule has 0 saturated carbocycles. The number of hydrogen-bond acceptors (Lipinski definition) is 15. The van der Waals surface area contributed by atoms with Crippen LogP contribution in [-0.2, 0) is 65.4 Å². The van der Waals surface area contributed by atoms with Gasteiger partial charge < -0.3 is 33.8 Å². The Hall–Kier alpha value is -1.94. The molecule has 19 heteroatoms. The van der Waals surface area contributed by atoms with E-state index in [1.54, 1.807) is 0 Å². The number of ether oxygens (including phenoxy) is 4. The Balaban J connectivity index is 5.14. The minimum absolute atomic E-state index is 0.102. The molecule has 94 heavy (non-hydrogen) atoms. The van der Waals surface area contributed by atoms with Crippen LogP contribution < -0.4 is 0 Å². The van der Waals surface area contributed by atoms with E-state index in [0.29, 0.717) is 31.6 Å². The van der Waals surface area contributed by atoms with Gasteiger partial charge in [0.25, 0.3) is 0 Å². The average Bonchev–Trinajstić information content (AvgIpc) is 1.24. The predicted octanol–water partition coefficient (Wildman–Crippen LogP) is 21.8. The molecule has 0 aromatic carbocycles. The summed E-state index contributed by atoms with van der Waals surface area (Å²) in [5.74, 6) is 0.203. The first-order valence-electron chi connectivity index (χ1n) is 38.9. The van der Waals surface area contributed by atoms with Crippen molar-refractivity contribution < 1.29 is 80.2 Å². The minimum Gasteiger partial charge on any atom is -0.462 e. The molecule has 0 aliphatic carbocycles. The fraction of sp³-hybridized carbons (Fsp3) is 0.947. The number of hydrogen-bond donors (Lipinski definition) is 3. The van der Waals surface area contributed by atoms with Crippen molar-refractivity contribution in [3.63, 3.8) is 0 Å². The van der Waals surface area contributed by atoms with Gasteiger partial charge in [-0.1, -0.05) is 331 Å². The minimum atomic E-state index is -4.96. The molecule has 3 N–H and O–H groups in total. The second kappa shape index (κ2) is 65.7. The molecule has 3 unspecified atom stereocenters. The number of phosphoric acid groups is 2. The fourth-order valence-electron chi connectivity index (χ4n) is 11.4. The van der Waals surface area contributed by atoms with Gasteiger partial charge in [-0.05, 0) is 43.4 Å². The standard InChI is InChI=1S/C75H146O17P2/c1-8-10-11-12-32-42-49-56-72(77)85-62-71(92-75(80)59-52-45-38-37-40-47-54-67(5)6)65-90-94(83,84)88-61-69(76)60-87-93(81,82)89-64-70(63-86-73(78)57-50-43-35-30-26-23-19-20-24-28-33-39-46-53-66(3)4)91-74(79)58-51-44-36-31-27-22-18-16-14-13-15-17-21-25-29-34-41-48-55-68(7)9-2/h66-71,76H,8-65H2,1-7H3,(H,81,82)(H,83,84)/t68?,69-,70-,71-/m1/s1. The molecular formula is C75H146O17P2. The van der Waals surface area contributed by atoms with Crippen molar-refractivity contribution in [2.24, 2.45) is 17.8 Å². The maximum Gasteiger partial charge on any atom is 0.472 e. The van der Waals surface area contributed by atoms with E-state index in [4.69, 9.17) is 37.0 Å². The highest BCUT2D eigenvalue weighted by atomic mass is 31.2. The first-order chi connectivity index (χ1) is 45.3. The van der Waals surface area contributed by atoms with Crippen LogP contribution in [0, 0.1) is 17.8 Å². The van der Waals surface area contributed by atoms with Gasteiger partial charge in [-0.2, -0.15) is 0 Å². The fourth-order valence-corrected chi connectivity index (χ4v) is 13.0. The average molecular weight is 1380 g/mol. The molecule has 6 atom stereocenters. The van der Waals surface area contributed by atoms with Gasteiger partial charge in [-0.3, -0.25) is 37.3 Å². The number of aliphatic hydroxyl groups excluding tert-OH is 1. The molecule has 558 valence electrons. The smallest absolute Gasteiger partial charge is 0.462 e. The summed E-state index contributed by atoms with van der Waals surface area (Å²) >= 11 is 0. The summed E-state index contributed by atoms with van der Waals surface area (Å²) in [6, 6.07) is 0. The summed E-state index contributed by atoms with van der Waals surface area (Å²) in [4.78, 5) is 72.5. The van der Waals surface area contributed by atoms with E-state index >= 15 is 0 Å². The second-order valence-corrected chi connectivity index (χ2v) is 31.1. The molecule has 0 saturated heterocycles. The van der Waals surface area contributed by atoms with E-state index < -0.39 is 97.5 Å². The number of carbonyl (C=O) groups excluding carboxylic acids is 4. The van der Waals surface area contributed by atoms with Crippen LogP contribution >= 0.6 is 15.6 Å². The van der Waals surface area contributed by atoms with Crippen LogP contribution in [0.25, 0.3) is 0 Å². The lowest BCUT2D eigenvalue weighted by Gasteiger charge is -2.21. The van der Waals surface area contributed by atoms with Crippen LogP contribution in [0.3, 0.4) is 0 Å². The Morgan fingerprint density at radius 3 is 0.809 bits per heavy atom. The van der Waals surface area contributed by atoms with E-state index in [-0.39, 0.29) is 25.7 Å². The Bertz CT molecular complexity index is 1840. The molecule has 0 aromatic rings. The normalized spacial score (nSPS) is 14.4. The summed E-state index contributed by atoms with van der Waals surface area (Å²) in [5.41, 5.74) is 0. The van der Waals surface area contributed by atoms with Crippen molar-refractivity contribution in [1.29, 1.82) is 0 Å². The van der Waals surface area contributed by atoms with Gasteiger partial charge in [0.1, 0.15) is 19.3 Å². The molecule has 0 bridgehead atoms. The quantitative estimate of drug-likeness (QED) is 0.0222. The van der Waals surface area contributed by atoms with Crippen LogP contribution in [-0.4, -0.2) is 96.7 Å². The van der Waals surface area contributed by atoms with Gasteiger partial charge in [-0.15, -0.1) is 0 Å². The highest BCUT2D eigenvalue weighted by Crippen LogP contribution is 2.45. The van der Waals surface area contributed by atoms with Crippen molar-refractivity contribution in [3.05, 3.63) is 0 Å². The number of unbranched alkanes of at least 4 members (excludes halogenated alkanes) is 40. The number of aliphatic hydroxyl groups is 1. The number of esters is 4. The topological polar surface area (TPSA) is 237 Å². The zero-order chi connectivity index (χ0) is 69.4. The van der Waals surface area contributed by atoms with Gasteiger partial charge in [0.2, 0.25) is 0 Å². The summed E-state index contributed by atoms with van der Waals surface area (Å²) < 4.78 is 68.3. The molecule has 0 spiro atoms. The van der Waals surface area contributed by atoms with Crippen LogP contribution in [0.5, 0.6) is 0 Å². The maximum atomic E-state index is 13.1. The summed E-state index contributed by atoms with van der Waals surface area (Å²) in [7, 11) is -9.90. The third kappa shape index (κ3) is 67.3. The molecule has 0 fully saturated rings. The third-order valence-corrected chi connectivity index (χ3v) is 19.6. The van der Waals surface area contributed by atoms with Crippen LogP contribution in [0.1, 0.15) is 382 Å². The molecule has 0 radical (unpaired) electrons. The molecule has 0 aromatic heterocycles. The van der Waals surface area contributed by atoms with E-state index in [2.05, 4.69) is 48.5 Å². The summed E-state index contributed by atoms with van der Waals surface area (Å²) in [6.07, 6.45) is 51.8. The van der Waals surface area contributed by atoms with E-state index in [0.717, 1.165) is 115 Å². The van der Waals surface area contributed by atoms with Gasteiger partial charge >= 0.3 is 39.5 Å². The van der Waals surface area contributed by atoms with E-state index in [9.17, 15) is 43.2 Å². The Morgan fingerprint density at radius 1 is 0.309 bits per heavy atom. The second-order valence-electron chi connectivity index (χ2n) is 28.2. The zero-order valence-corrected chi connectivity index (χ0v) is 63.2. The van der Waals surface area contributed by atoms with E-state index in [1.807, 2.05) is 0 Å².